The molecule has 1 heterocycles. The lowest BCUT2D eigenvalue weighted by Gasteiger charge is -2.36. The Morgan fingerprint density at radius 1 is 1.26 bits per heavy atom. The Kier molecular flexibility index (Phi) is 7.06. The fourth-order valence-electron chi connectivity index (χ4n) is 3.20. The van der Waals surface area contributed by atoms with Gasteiger partial charge in [0.2, 0.25) is 5.91 Å². The van der Waals surface area contributed by atoms with Gasteiger partial charge < -0.3 is 10.1 Å². The van der Waals surface area contributed by atoms with E-state index in [1.165, 1.54) is 5.56 Å². The molecule has 1 saturated heterocycles. The summed E-state index contributed by atoms with van der Waals surface area (Å²) in [7, 11) is 1.67. The fourth-order valence-corrected chi connectivity index (χ4v) is 3.20. The summed E-state index contributed by atoms with van der Waals surface area (Å²) in [5.41, 5.74) is 1.42. The van der Waals surface area contributed by atoms with Crippen molar-refractivity contribution in [3.63, 3.8) is 0 Å². The quantitative estimate of drug-likeness (QED) is 0.840. The number of carbonyl (C=O) groups is 1. The van der Waals surface area contributed by atoms with Gasteiger partial charge >= 0.3 is 0 Å². The van der Waals surface area contributed by atoms with Gasteiger partial charge in [-0.15, -0.1) is 0 Å². The van der Waals surface area contributed by atoms with Crippen molar-refractivity contribution in [3.05, 3.63) is 35.9 Å². The summed E-state index contributed by atoms with van der Waals surface area (Å²) in [6.45, 7) is 7.29. The van der Waals surface area contributed by atoms with Crippen molar-refractivity contribution < 1.29 is 9.53 Å². The van der Waals surface area contributed by atoms with Crippen LogP contribution in [0, 0.1) is 5.92 Å². The Morgan fingerprint density at radius 2 is 1.91 bits per heavy atom. The number of carbonyl (C=O) groups excluding carboxylic acids is 1. The molecule has 1 aliphatic rings. The van der Waals surface area contributed by atoms with Gasteiger partial charge in [0.1, 0.15) is 6.04 Å². The van der Waals surface area contributed by atoms with Crippen LogP contribution in [0.3, 0.4) is 0 Å². The Bertz CT molecular complexity index is 468. The highest BCUT2D eigenvalue weighted by atomic mass is 16.5. The molecule has 0 radical (unpaired) electrons. The molecule has 0 bridgehead atoms. The minimum atomic E-state index is -0.171. The van der Waals surface area contributed by atoms with E-state index in [1.54, 1.807) is 7.11 Å². The molecule has 0 saturated carbocycles. The molecule has 0 spiro atoms. The Hall–Kier alpha value is -1.39. The number of ether oxygens (including phenoxy) is 1. The number of rotatable bonds is 7. The first-order valence-corrected chi connectivity index (χ1v) is 8.67. The molecule has 1 aliphatic heterocycles. The van der Waals surface area contributed by atoms with Gasteiger partial charge in [-0.1, -0.05) is 44.2 Å². The van der Waals surface area contributed by atoms with Crippen LogP contribution in [0.2, 0.25) is 0 Å². The van der Waals surface area contributed by atoms with E-state index >= 15 is 0 Å². The maximum Gasteiger partial charge on any atom is 0.239 e. The minimum Gasteiger partial charge on any atom is -0.383 e. The van der Waals surface area contributed by atoms with Gasteiger partial charge in [0, 0.05) is 13.7 Å². The third-order valence-corrected chi connectivity index (χ3v) is 4.55. The molecule has 23 heavy (non-hydrogen) atoms. The summed E-state index contributed by atoms with van der Waals surface area (Å²) in [4.78, 5) is 14.7. The average molecular weight is 318 g/mol. The molecule has 2 rings (SSSR count). The van der Waals surface area contributed by atoms with E-state index in [1.807, 2.05) is 0 Å². The maximum atomic E-state index is 12.5. The maximum absolute atomic E-state index is 12.5. The second kappa shape index (κ2) is 9.04. The van der Waals surface area contributed by atoms with E-state index in [0.29, 0.717) is 18.4 Å². The number of methoxy groups -OCH3 is 1. The van der Waals surface area contributed by atoms with Crippen molar-refractivity contribution in [2.45, 2.75) is 38.6 Å². The van der Waals surface area contributed by atoms with E-state index < -0.39 is 0 Å². The summed E-state index contributed by atoms with van der Waals surface area (Å²) in [6, 6.07) is 10.5. The molecule has 0 aromatic heterocycles. The van der Waals surface area contributed by atoms with E-state index in [9.17, 15) is 4.79 Å². The monoisotopic (exact) mass is 318 g/mol. The smallest absolute Gasteiger partial charge is 0.239 e. The number of amides is 1. The standard InChI is InChI=1S/C19H30N2O2/c1-15(2)13-20-19(22)18(14-23-3)21-11-9-17(10-12-21)16-7-5-4-6-8-16/h4-8,15,17-18H,9-14H2,1-3H3,(H,20,22). The summed E-state index contributed by atoms with van der Waals surface area (Å²) >= 11 is 0. The van der Waals surface area contributed by atoms with Crippen LogP contribution >= 0.6 is 0 Å². The van der Waals surface area contributed by atoms with Gasteiger partial charge in [-0.05, 0) is 43.3 Å². The van der Waals surface area contributed by atoms with Crippen LogP contribution in [0.4, 0.5) is 0 Å². The van der Waals surface area contributed by atoms with Crippen LogP contribution in [-0.2, 0) is 9.53 Å². The van der Waals surface area contributed by atoms with Crippen molar-refractivity contribution in [3.8, 4) is 0 Å². The second-order valence-electron chi connectivity index (χ2n) is 6.83. The minimum absolute atomic E-state index is 0.0960. The largest absolute Gasteiger partial charge is 0.383 e. The van der Waals surface area contributed by atoms with Crippen LogP contribution in [0.5, 0.6) is 0 Å². The van der Waals surface area contributed by atoms with Crippen molar-refractivity contribution in [1.82, 2.24) is 10.2 Å². The number of hydrogen-bond donors (Lipinski definition) is 1. The zero-order valence-electron chi connectivity index (χ0n) is 14.6. The van der Waals surface area contributed by atoms with Crippen LogP contribution < -0.4 is 5.32 Å². The molecule has 1 aromatic carbocycles. The molecule has 4 nitrogen and oxygen atoms in total. The van der Waals surface area contributed by atoms with E-state index in [-0.39, 0.29) is 11.9 Å². The van der Waals surface area contributed by atoms with E-state index in [4.69, 9.17) is 4.74 Å². The van der Waals surface area contributed by atoms with Crippen LogP contribution in [0.1, 0.15) is 38.2 Å². The van der Waals surface area contributed by atoms with Crippen molar-refractivity contribution in [1.29, 1.82) is 0 Å². The molecule has 1 N–H and O–H groups in total. The summed E-state index contributed by atoms with van der Waals surface area (Å²) in [5.74, 6) is 1.17. The zero-order chi connectivity index (χ0) is 16.7. The first-order chi connectivity index (χ1) is 11.1. The van der Waals surface area contributed by atoms with Crippen molar-refractivity contribution >= 4 is 5.91 Å². The molecular weight excluding hydrogens is 288 g/mol. The first kappa shape index (κ1) is 18.0. The Labute approximate surface area is 140 Å². The fraction of sp³-hybridized carbons (Fsp3) is 0.632. The van der Waals surface area contributed by atoms with Crippen LogP contribution in [0.15, 0.2) is 30.3 Å². The lowest BCUT2D eigenvalue weighted by Crippen LogP contribution is -2.52. The average Bonchev–Trinajstić information content (AvgIpc) is 2.58. The Balaban J connectivity index is 1.90. The molecule has 1 fully saturated rings. The van der Waals surface area contributed by atoms with Gasteiger partial charge in [0.25, 0.3) is 0 Å². The highest BCUT2D eigenvalue weighted by molar-refractivity contribution is 5.81. The highest BCUT2D eigenvalue weighted by Gasteiger charge is 2.30. The number of hydrogen-bond acceptors (Lipinski definition) is 3. The zero-order valence-corrected chi connectivity index (χ0v) is 14.6. The van der Waals surface area contributed by atoms with Crippen LogP contribution in [0.25, 0.3) is 0 Å². The topological polar surface area (TPSA) is 41.6 Å². The van der Waals surface area contributed by atoms with E-state index in [0.717, 1.165) is 32.5 Å². The lowest BCUT2D eigenvalue weighted by molar-refractivity contribution is -0.129. The Morgan fingerprint density at radius 3 is 2.48 bits per heavy atom. The summed E-state index contributed by atoms with van der Waals surface area (Å²) in [6.07, 6.45) is 2.20. The van der Waals surface area contributed by atoms with E-state index in [2.05, 4.69) is 54.4 Å². The van der Waals surface area contributed by atoms with Crippen LogP contribution in [-0.4, -0.2) is 50.2 Å². The molecule has 1 amide bonds. The predicted octanol–water partition coefficient (Wildman–Crippen LogP) is 2.65. The third-order valence-electron chi connectivity index (χ3n) is 4.55. The van der Waals surface area contributed by atoms with Crippen molar-refractivity contribution in [2.24, 2.45) is 5.92 Å². The molecule has 1 unspecified atom stereocenters. The second-order valence-corrected chi connectivity index (χ2v) is 6.83. The number of nitrogens with one attached hydrogen (secondary N) is 1. The highest BCUT2D eigenvalue weighted by Crippen LogP contribution is 2.28. The predicted molar refractivity (Wildman–Crippen MR) is 93.5 cm³/mol. The number of likely N-dealkylation sites (tertiary alicyclic amines) is 1. The normalized spacial score (nSPS) is 18.1. The molecule has 4 heteroatoms. The molecular formula is C19H30N2O2. The molecule has 0 aliphatic carbocycles. The number of nitrogens with zero attached hydrogens (tertiary/aromatic N) is 1. The van der Waals surface area contributed by atoms with Crippen molar-refractivity contribution in [2.75, 3.05) is 33.4 Å². The summed E-state index contributed by atoms with van der Waals surface area (Å²) < 4.78 is 5.29. The molecule has 1 atom stereocenters. The molecule has 128 valence electrons. The van der Waals surface area contributed by atoms with Gasteiger partial charge in [0.15, 0.2) is 0 Å². The van der Waals surface area contributed by atoms with Gasteiger partial charge in [0.05, 0.1) is 6.61 Å². The SMILES string of the molecule is COCC(C(=O)NCC(C)C)N1CCC(c2ccccc2)CC1. The number of benzene rings is 1. The lowest BCUT2D eigenvalue weighted by atomic mass is 9.89. The van der Waals surface area contributed by atoms with Gasteiger partial charge in [-0.2, -0.15) is 0 Å². The third kappa shape index (κ3) is 5.33. The van der Waals surface area contributed by atoms with Gasteiger partial charge in [-0.25, -0.2) is 0 Å². The molecule has 1 aromatic rings. The summed E-state index contributed by atoms with van der Waals surface area (Å²) in [5, 5.41) is 3.05. The first-order valence-electron chi connectivity index (χ1n) is 8.67. The van der Waals surface area contributed by atoms with Gasteiger partial charge in [-0.3, -0.25) is 9.69 Å². The number of piperidine rings is 1.